The Morgan fingerprint density at radius 1 is 0.759 bits per heavy atom. The van der Waals surface area contributed by atoms with E-state index in [1.807, 2.05) is 55.5 Å². The molecule has 29 heavy (non-hydrogen) atoms. The number of aryl methyl sites for hydroxylation is 1. The molecule has 0 bridgehead atoms. The zero-order chi connectivity index (χ0) is 20.2. The summed E-state index contributed by atoms with van der Waals surface area (Å²) in [5, 5.41) is 6.72. The lowest BCUT2D eigenvalue weighted by atomic mass is 10.1. The second-order valence-corrected chi connectivity index (χ2v) is 6.68. The van der Waals surface area contributed by atoms with Gasteiger partial charge in [0.1, 0.15) is 0 Å². The lowest BCUT2D eigenvalue weighted by molar-refractivity contribution is 0.101. The van der Waals surface area contributed by atoms with Crippen molar-refractivity contribution in [3.05, 3.63) is 102 Å². The van der Waals surface area contributed by atoms with Gasteiger partial charge in [-0.1, -0.05) is 36.4 Å². The Labute approximate surface area is 168 Å². The number of para-hydroxylation sites is 1. The van der Waals surface area contributed by atoms with E-state index in [4.69, 9.17) is 0 Å². The lowest BCUT2D eigenvalue weighted by Gasteiger charge is -2.10. The quantitative estimate of drug-likeness (QED) is 0.520. The molecule has 0 unspecified atom stereocenters. The highest BCUT2D eigenvalue weighted by molar-refractivity contribution is 6.09. The lowest BCUT2D eigenvalue weighted by Crippen LogP contribution is -2.14. The molecule has 2 N–H and O–H groups in total. The van der Waals surface area contributed by atoms with Crippen molar-refractivity contribution < 1.29 is 9.59 Å². The van der Waals surface area contributed by atoms with E-state index in [2.05, 4.69) is 15.6 Å². The van der Waals surface area contributed by atoms with Crippen molar-refractivity contribution in [2.45, 2.75) is 6.92 Å². The molecule has 0 saturated carbocycles. The van der Waals surface area contributed by atoms with E-state index in [0.717, 1.165) is 16.5 Å². The molecule has 4 aromatic rings. The summed E-state index contributed by atoms with van der Waals surface area (Å²) in [5.74, 6) is -0.415. The van der Waals surface area contributed by atoms with Gasteiger partial charge in [0, 0.05) is 28.4 Å². The number of rotatable bonds is 4. The minimum atomic E-state index is -0.236. The van der Waals surface area contributed by atoms with Crippen LogP contribution in [0.1, 0.15) is 26.3 Å². The van der Waals surface area contributed by atoms with E-state index in [9.17, 15) is 9.59 Å². The number of anilines is 2. The van der Waals surface area contributed by atoms with Gasteiger partial charge in [-0.15, -0.1) is 0 Å². The zero-order valence-corrected chi connectivity index (χ0v) is 15.8. The summed E-state index contributed by atoms with van der Waals surface area (Å²) in [6.45, 7) is 1.89. The highest BCUT2D eigenvalue weighted by Crippen LogP contribution is 2.21. The molecule has 0 fully saturated rings. The maximum absolute atomic E-state index is 12.6. The van der Waals surface area contributed by atoms with Gasteiger partial charge >= 0.3 is 0 Å². The van der Waals surface area contributed by atoms with Gasteiger partial charge in [0.2, 0.25) is 0 Å². The predicted octanol–water partition coefficient (Wildman–Crippen LogP) is 5.05. The van der Waals surface area contributed by atoms with Crippen LogP contribution in [0.15, 0.2) is 85.1 Å². The molecule has 0 aliphatic heterocycles. The van der Waals surface area contributed by atoms with E-state index in [0.29, 0.717) is 22.5 Å². The number of carbonyl (C=O) groups is 2. The van der Waals surface area contributed by atoms with E-state index >= 15 is 0 Å². The molecule has 3 aromatic carbocycles. The molecule has 0 aliphatic rings. The van der Waals surface area contributed by atoms with E-state index in [1.54, 1.807) is 36.5 Å². The Morgan fingerprint density at radius 2 is 1.52 bits per heavy atom. The number of amides is 2. The smallest absolute Gasteiger partial charge is 0.255 e. The molecule has 5 nitrogen and oxygen atoms in total. The minimum absolute atomic E-state index is 0.179. The predicted molar refractivity (Wildman–Crippen MR) is 115 cm³/mol. The van der Waals surface area contributed by atoms with Crippen LogP contribution in [0.5, 0.6) is 0 Å². The fraction of sp³-hybridized carbons (Fsp3) is 0.0417. The number of nitrogens with one attached hydrogen (secondary N) is 2. The molecule has 5 heteroatoms. The van der Waals surface area contributed by atoms with Crippen molar-refractivity contribution in [2.24, 2.45) is 0 Å². The SMILES string of the molecule is Cc1ccccc1C(=O)Nc1ccc(C(=O)Nc2cccc3cccnc23)cc1. The summed E-state index contributed by atoms with van der Waals surface area (Å²) in [6, 6.07) is 23.7. The standard InChI is InChI=1S/C24H19N3O2/c1-16-6-2-3-9-20(16)24(29)26-19-13-11-18(12-14-19)23(28)27-21-10-4-7-17-8-5-15-25-22(17)21/h2-15H,1H3,(H,26,29)(H,27,28). The first-order chi connectivity index (χ1) is 14.1. The van der Waals surface area contributed by atoms with Gasteiger partial charge in [0.15, 0.2) is 0 Å². The largest absolute Gasteiger partial charge is 0.322 e. The van der Waals surface area contributed by atoms with Gasteiger partial charge in [0.05, 0.1) is 11.2 Å². The number of nitrogens with zero attached hydrogens (tertiary/aromatic N) is 1. The molecule has 1 heterocycles. The second kappa shape index (κ2) is 7.94. The fourth-order valence-corrected chi connectivity index (χ4v) is 3.13. The van der Waals surface area contributed by atoms with Gasteiger partial charge in [-0.05, 0) is 55.0 Å². The van der Waals surface area contributed by atoms with Crippen molar-refractivity contribution in [1.82, 2.24) is 4.98 Å². The molecule has 0 spiro atoms. The second-order valence-electron chi connectivity index (χ2n) is 6.68. The average Bonchev–Trinajstić information content (AvgIpc) is 2.75. The Balaban J connectivity index is 1.48. The van der Waals surface area contributed by atoms with Crippen LogP contribution in [0.25, 0.3) is 10.9 Å². The average molecular weight is 381 g/mol. The number of hydrogen-bond acceptors (Lipinski definition) is 3. The number of pyridine rings is 1. The Hall–Kier alpha value is -3.99. The highest BCUT2D eigenvalue weighted by atomic mass is 16.2. The van der Waals surface area contributed by atoms with Crippen LogP contribution in [0.4, 0.5) is 11.4 Å². The summed E-state index contributed by atoms with van der Waals surface area (Å²) in [5.41, 5.74) is 4.05. The molecular formula is C24H19N3O2. The Bertz CT molecular complexity index is 1190. The summed E-state index contributed by atoms with van der Waals surface area (Å²) in [4.78, 5) is 29.4. The normalized spacial score (nSPS) is 10.5. The molecule has 0 aliphatic carbocycles. The number of benzene rings is 3. The third kappa shape index (κ3) is 3.99. The summed E-state index contributed by atoms with van der Waals surface area (Å²) in [6.07, 6.45) is 1.70. The van der Waals surface area contributed by atoms with Crippen LogP contribution in [0.3, 0.4) is 0 Å². The van der Waals surface area contributed by atoms with Crippen molar-refractivity contribution in [2.75, 3.05) is 10.6 Å². The summed E-state index contributed by atoms with van der Waals surface area (Å²) < 4.78 is 0. The van der Waals surface area contributed by atoms with Crippen LogP contribution in [0, 0.1) is 6.92 Å². The molecule has 142 valence electrons. The molecule has 2 amide bonds. The van der Waals surface area contributed by atoms with Crippen molar-refractivity contribution in [3.63, 3.8) is 0 Å². The first-order valence-corrected chi connectivity index (χ1v) is 9.24. The summed E-state index contributed by atoms with van der Waals surface area (Å²) >= 11 is 0. The van der Waals surface area contributed by atoms with Crippen molar-refractivity contribution >= 4 is 34.1 Å². The Kier molecular flexibility index (Phi) is 5.03. The van der Waals surface area contributed by atoms with E-state index in [1.165, 1.54) is 0 Å². The van der Waals surface area contributed by atoms with Gasteiger partial charge in [-0.25, -0.2) is 0 Å². The maximum Gasteiger partial charge on any atom is 0.255 e. The topological polar surface area (TPSA) is 71.1 Å². The molecule has 0 radical (unpaired) electrons. The van der Waals surface area contributed by atoms with Crippen LogP contribution in [-0.2, 0) is 0 Å². The van der Waals surface area contributed by atoms with Crippen LogP contribution >= 0.6 is 0 Å². The van der Waals surface area contributed by atoms with E-state index in [-0.39, 0.29) is 11.8 Å². The van der Waals surface area contributed by atoms with Gasteiger partial charge in [-0.2, -0.15) is 0 Å². The molecular weight excluding hydrogens is 362 g/mol. The number of aromatic nitrogens is 1. The van der Waals surface area contributed by atoms with Gasteiger partial charge in [0.25, 0.3) is 11.8 Å². The first-order valence-electron chi connectivity index (χ1n) is 9.24. The third-order valence-corrected chi connectivity index (χ3v) is 4.68. The minimum Gasteiger partial charge on any atom is -0.322 e. The van der Waals surface area contributed by atoms with E-state index < -0.39 is 0 Å². The Morgan fingerprint density at radius 3 is 2.31 bits per heavy atom. The third-order valence-electron chi connectivity index (χ3n) is 4.68. The molecule has 1 aromatic heterocycles. The molecule has 0 saturated heterocycles. The number of carbonyl (C=O) groups excluding carboxylic acids is 2. The number of hydrogen-bond donors (Lipinski definition) is 2. The van der Waals surface area contributed by atoms with Gasteiger partial charge in [-0.3, -0.25) is 14.6 Å². The van der Waals surface area contributed by atoms with Crippen LogP contribution < -0.4 is 10.6 Å². The monoisotopic (exact) mass is 381 g/mol. The van der Waals surface area contributed by atoms with Crippen LogP contribution in [-0.4, -0.2) is 16.8 Å². The van der Waals surface area contributed by atoms with Gasteiger partial charge < -0.3 is 10.6 Å². The first kappa shape index (κ1) is 18.4. The van der Waals surface area contributed by atoms with Crippen molar-refractivity contribution in [3.8, 4) is 0 Å². The fourth-order valence-electron chi connectivity index (χ4n) is 3.13. The maximum atomic E-state index is 12.6. The molecule has 4 rings (SSSR count). The van der Waals surface area contributed by atoms with Crippen LogP contribution in [0.2, 0.25) is 0 Å². The van der Waals surface area contributed by atoms with Crippen molar-refractivity contribution in [1.29, 1.82) is 0 Å². The zero-order valence-electron chi connectivity index (χ0n) is 15.8. The molecule has 0 atom stereocenters. The highest BCUT2D eigenvalue weighted by Gasteiger charge is 2.11. The number of fused-ring (bicyclic) bond motifs is 1. The summed E-state index contributed by atoms with van der Waals surface area (Å²) in [7, 11) is 0.